The third-order valence-corrected chi connectivity index (χ3v) is 8.37. The van der Waals surface area contributed by atoms with Crippen LogP contribution in [0.1, 0.15) is 37.9 Å². The maximum atomic E-state index is 14.2. The summed E-state index contributed by atoms with van der Waals surface area (Å²) in [6, 6.07) is 23.2. The molecule has 5 aromatic rings. The van der Waals surface area contributed by atoms with Crippen molar-refractivity contribution in [2.75, 3.05) is 13.7 Å². The number of allylic oxidation sites excluding steroid dienone is 1. The van der Waals surface area contributed by atoms with E-state index in [1.165, 1.54) is 22.8 Å². The zero-order valence-electron chi connectivity index (χ0n) is 25.6. The fourth-order valence-corrected chi connectivity index (χ4v) is 6.35. The highest BCUT2D eigenvalue weighted by Gasteiger charge is 2.33. The van der Waals surface area contributed by atoms with Gasteiger partial charge in [0.2, 0.25) is 0 Å². The van der Waals surface area contributed by atoms with Gasteiger partial charge in [-0.05, 0) is 74.0 Å². The van der Waals surface area contributed by atoms with Crippen LogP contribution in [0.3, 0.4) is 0 Å². The van der Waals surface area contributed by atoms with E-state index in [9.17, 15) is 14.4 Å². The van der Waals surface area contributed by atoms with E-state index < -0.39 is 18.0 Å². The number of aromatic nitrogens is 3. The standard InChI is InChI=1S/C35H30N4O6S/c1-5-44-34(42)30-21(2)36-35-39(32(30)24-13-17-28(18-14-24)45-22(3)40)33(41)29(46-35)19-25-20-38(26-9-7-6-8-10-26)37-31(25)23-11-15-27(43-4)16-12-23/h6-20,32H,5H2,1-4H3. The van der Waals surface area contributed by atoms with Crippen molar-refractivity contribution in [2.24, 2.45) is 4.99 Å². The summed E-state index contributed by atoms with van der Waals surface area (Å²) in [5.74, 6) is 0.0598. The van der Waals surface area contributed by atoms with Gasteiger partial charge in [-0.25, -0.2) is 14.5 Å². The van der Waals surface area contributed by atoms with Crippen LogP contribution in [0, 0.1) is 0 Å². The van der Waals surface area contributed by atoms with Gasteiger partial charge in [0, 0.05) is 24.2 Å². The van der Waals surface area contributed by atoms with E-state index in [0.29, 0.717) is 32.0 Å². The molecule has 1 aliphatic rings. The molecule has 0 amide bonds. The van der Waals surface area contributed by atoms with E-state index in [1.54, 1.807) is 56.0 Å². The van der Waals surface area contributed by atoms with Crippen LogP contribution in [-0.4, -0.2) is 40.0 Å². The third-order valence-electron chi connectivity index (χ3n) is 7.39. The smallest absolute Gasteiger partial charge is 0.338 e. The molecular weight excluding hydrogens is 604 g/mol. The van der Waals surface area contributed by atoms with Crippen molar-refractivity contribution in [2.45, 2.75) is 26.8 Å². The third kappa shape index (κ3) is 5.92. The number of esters is 2. The molecule has 0 spiro atoms. The largest absolute Gasteiger partial charge is 0.497 e. The van der Waals surface area contributed by atoms with Crippen LogP contribution < -0.4 is 24.4 Å². The zero-order valence-corrected chi connectivity index (χ0v) is 26.4. The lowest BCUT2D eigenvalue weighted by Crippen LogP contribution is -2.39. The Morgan fingerprint density at radius 1 is 0.978 bits per heavy atom. The lowest BCUT2D eigenvalue weighted by atomic mass is 9.96. The molecule has 1 aliphatic heterocycles. The number of carbonyl (C=O) groups is 2. The molecule has 3 aromatic carbocycles. The molecule has 0 radical (unpaired) electrons. The lowest BCUT2D eigenvalue weighted by molar-refractivity contribution is -0.139. The number of benzene rings is 3. The van der Waals surface area contributed by atoms with Gasteiger partial charge >= 0.3 is 11.9 Å². The highest BCUT2D eigenvalue weighted by atomic mass is 32.1. The molecule has 0 bridgehead atoms. The van der Waals surface area contributed by atoms with Crippen molar-refractivity contribution < 1.29 is 23.8 Å². The Bertz CT molecular complexity index is 2140. The molecule has 10 nitrogen and oxygen atoms in total. The van der Waals surface area contributed by atoms with Crippen LogP contribution in [0.15, 0.2) is 106 Å². The number of nitrogens with zero attached hydrogens (tertiary/aromatic N) is 4. The first kappa shape index (κ1) is 30.5. The van der Waals surface area contributed by atoms with Crippen molar-refractivity contribution >= 4 is 29.4 Å². The van der Waals surface area contributed by atoms with E-state index in [0.717, 1.165) is 22.6 Å². The lowest BCUT2D eigenvalue weighted by Gasteiger charge is -2.24. The second-order valence-electron chi connectivity index (χ2n) is 10.4. The minimum absolute atomic E-state index is 0.164. The Labute approximate surface area is 268 Å². The molecule has 0 aliphatic carbocycles. The van der Waals surface area contributed by atoms with Gasteiger partial charge < -0.3 is 14.2 Å². The quantitative estimate of drug-likeness (QED) is 0.181. The van der Waals surface area contributed by atoms with Crippen molar-refractivity contribution in [3.05, 3.63) is 127 Å². The summed E-state index contributed by atoms with van der Waals surface area (Å²) in [4.78, 5) is 44.1. The fourth-order valence-electron chi connectivity index (χ4n) is 5.31. The number of carbonyl (C=O) groups excluding carboxylic acids is 2. The highest BCUT2D eigenvalue weighted by molar-refractivity contribution is 7.07. The minimum Gasteiger partial charge on any atom is -0.497 e. The van der Waals surface area contributed by atoms with E-state index in [-0.39, 0.29) is 17.7 Å². The predicted octanol–water partition coefficient (Wildman–Crippen LogP) is 4.58. The molecule has 1 unspecified atom stereocenters. The number of fused-ring (bicyclic) bond motifs is 1. The van der Waals surface area contributed by atoms with E-state index >= 15 is 0 Å². The highest BCUT2D eigenvalue weighted by Crippen LogP contribution is 2.32. The summed E-state index contributed by atoms with van der Waals surface area (Å²) in [6.45, 7) is 4.94. The molecule has 0 saturated carbocycles. The first-order valence-electron chi connectivity index (χ1n) is 14.5. The normalized spacial score (nSPS) is 14.4. The Hall–Kier alpha value is -5.55. The zero-order chi connectivity index (χ0) is 32.4. The first-order chi connectivity index (χ1) is 22.3. The van der Waals surface area contributed by atoms with E-state index in [4.69, 9.17) is 19.3 Å². The van der Waals surface area contributed by atoms with Gasteiger partial charge in [-0.3, -0.25) is 14.2 Å². The second-order valence-corrected chi connectivity index (χ2v) is 11.4. The number of thiazole rings is 1. The van der Waals surface area contributed by atoms with Crippen LogP contribution >= 0.6 is 11.3 Å². The van der Waals surface area contributed by atoms with Crippen molar-refractivity contribution in [3.63, 3.8) is 0 Å². The van der Waals surface area contributed by atoms with Gasteiger partial charge in [-0.1, -0.05) is 41.7 Å². The number of hydrogen-bond acceptors (Lipinski definition) is 9. The van der Waals surface area contributed by atoms with E-state index in [2.05, 4.69) is 4.99 Å². The summed E-state index contributed by atoms with van der Waals surface area (Å²) in [5.41, 5.74) is 4.15. The fraction of sp³-hybridized carbons (Fsp3) is 0.171. The first-order valence-corrected chi connectivity index (χ1v) is 15.4. The van der Waals surface area contributed by atoms with Gasteiger partial charge in [-0.2, -0.15) is 5.10 Å². The second kappa shape index (κ2) is 12.8. The van der Waals surface area contributed by atoms with Crippen molar-refractivity contribution in [3.8, 4) is 28.4 Å². The molecule has 0 saturated heterocycles. The monoisotopic (exact) mass is 634 g/mol. The van der Waals surface area contributed by atoms with Crippen LogP contribution in [0.25, 0.3) is 23.0 Å². The number of para-hydroxylation sites is 1. The molecule has 46 heavy (non-hydrogen) atoms. The molecule has 0 fully saturated rings. The maximum Gasteiger partial charge on any atom is 0.338 e. The van der Waals surface area contributed by atoms with Gasteiger partial charge in [0.1, 0.15) is 17.2 Å². The minimum atomic E-state index is -0.808. The average Bonchev–Trinajstić information content (AvgIpc) is 3.61. The summed E-state index contributed by atoms with van der Waals surface area (Å²) >= 11 is 1.23. The maximum absolute atomic E-state index is 14.2. The number of ether oxygens (including phenoxy) is 3. The number of rotatable bonds is 8. The summed E-state index contributed by atoms with van der Waals surface area (Å²) < 4.78 is 19.7. The molecule has 6 rings (SSSR count). The van der Waals surface area contributed by atoms with Gasteiger partial charge in [0.15, 0.2) is 4.80 Å². The van der Waals surface area contributed by atoms with Crippen LogP contribution in [-0.2, 0) is 14.3 Å². The van der Waals surface area contributed by atoms with E-state index in [1.807, 2.05) is 60.8 Å². The predicted molar refractivity (Wildman–Crippen MR) is 174 cm³/mol. The van der Waals surface area contributed by atoms with Crippen molar-refractivity contribution in [1.29, 1.82) is 0 Å². The Balaban J connectivity index is 1.53. The molecule has 2 aromatic heterocycles. The molecule has 11 heteroatoms. The van der Waals surface area contributed by atoms with Crippen LogP contribution in [0.2, 0.25) is 0 Å². The number of methoxy groups -OCH3 is 1. The summed E-state index contributed by atoms with van der Waals surface area (Å²) in [6.07, 6.45) is 3.69. The Morgan fingerprint density at radius 2 is 1.67 bits per heavy atom. The summed E-state index contributed by atoms with van der Waals surface area (Å²) in [5, 5.41) is 4.88. The van der Waals surface area contributed by atoms with Crippen molar-refractivity contribution in [1.82, 2.24) is 14.3 Å². The van der Waals surface area contributed by atoms with Crippen LogP contribution in [0.5, 0.6) is 11.5 Å². The molecule has 232 valence electrons. The summed E-state index contributed by atoms with van der Waals surface area (Å²) in [7, 11) is 1.61. The topological polar surface area (TPSA) is 114 Å². The van der Waals surface area contributed by atoms with Gasteiger partial charge in [-0.15, -0.1) is 0 Å². The molecule has 0 N–H and O–H groups in total. The molecule has 3 heterocycles. The molecular formula is C35H30N4O6S. The van der Waals surface area contributed by atoms with Gasteiger partial charge in [0.25, 0.3) is 5.56 Å². The van der Waals surface area contributed by atoms with Gasteiger partial charge in [0.05, 0.1) is 41.2 Å². The number of hydrogen-bond donors (Lipinski definition) is 0. The molecule has 1 atom stereocenters. The Morgan fingerprint density at radius 3 is 2.33 bits per heavy atom. The Kier molecular flexibility index (Phi) is 8.49. The SMILES string of the molecule is CCOC(=O)C1=C(C)N=c2sc(=Cc3cn(-c4ccccc4)nc3-c3ccc(OC)cc3)c(=O)n2C1c1ccc(OC(C)=O)cc1. The van der Waals surface area contributed by atoms with Crippen LogP contribution in [0.4, 0.5) is 0 Å². The average molecular weight is 635 g/mol.